The standard InChI is InChI=1S/C20H35O7PSi/c1-10-25-28(22,26-11-2)18(14-21)15-12-16(23-6)19(17(13-15)24-7)27-29(8,9)20(3,4)5/h12-14,18H,10-11H2,1-9H3. The van der Waals surface area contributed by atoms with Gasteiger partial charge in [0.15, 0.2) is 17.2 Å². The summed E-state index contributed by atoms with van der Waals surface area (Å²) in [5, 5.41) is -0.0351. The first-order chi connectivity index (χ1) is 13.4. The molecular formula is C20H35O7PSi. The Bertz CT molecular complexity index is 708. The fraction of sp³-hybridized carbons (Fsp3) is 0.650. The van der Waals surface area contributed by atoms with Gasteiger partial charge >= 0.3 is 7.60 Å². The monoisotopic (exact) mass is 446 g/mol. The summed E-state index contributed by atoms with van der Waals surface area (Å²) < 4.78 is 41.5. The highest BCUT2D eigenvalue weighted by Crippen LogP contribution is 2.61. The first-order valence-electron chi connectivity index (χ1n) is 9.69. The van der Waals surface area contributed by atoms with E-state index in [4.69, 9.17) is 22.9 Å². The molecule has 0 aliphatic heterocycles. The molecule has 1 aromatic rings. The molecule has 166 valence electrons. The molecule has 0 saturated heterocycles. The van der Waals surface area contributed by atoms with Gasteiger partial charge in [-0.1, -0.05) is 20.8 Å². The Hall–Kier alpha value is -1.34. The second-order valence-corrected chi connectivity index (χ2v) is 15.0. The summed E-state index contributed by atoms with van der Waals surface area (Å²) in [5.74, 6) is 1.27. The summed E-state index contributed by atoms with van der Waals surface area (Å²) in [5.41, 5.74) is -0.686. The van der Waals surface area contributed by atoms with E-state index >= 15 is 0 Å². The van der Waals surface area contributed by atoms with E-state index in [2.05, 4.69) is 33.9 Å². The molecule has 0 aromatic heterocycles. The van der Waals surface area contributed by atoms with Crippen molar-refractivity contribution in [3.8, 4) is 17.2 Å². The van der Waals surface area contributed by atoms with Crippen LogP contribution in [0.1, 0.15) is 45.8 Å². The molecule has 29 heavy (non-hydrogen) atoms. The topological polar surface area (TPSA) is 80.3 Å². The van der Waals surface area contributed by atoms with Crippen molar-refractivity contribution < 1.29 is 32.3 Å². The van der Waals surface area contributed by atoms with Crippen molar-refractivity contribution in [1.82, 2.24) is 0 Å². The van der Waals surface area contributed by atoms with Crippen LogP contribution in [-0.4, -0.2) is 42.0 Å². The molecule has 0 spiro atoms. The van der Waals surface area contributed by atoms with Gasteiger partial charge in [0, 0.05) is 0 Å². The Morgan fingerprint density at radius 3 is 1.79 bits per heavy atom. The molecule has 0 radical (unpaired) electrons. The van der Waals surface area contributed by atoms with Crippen molar-refractivity contribution in [3.63, 3.8) is 0 Å². The lowest BCUT2D eigenvalue weighted by molar-refractivity contribution is -0.108. The lowest BCUT2D eigenvalue weighted by Gasteiger charge is -2.37. The third kappa shape index (κ3) is 5.84. The van der Waals surface area contributed by atoms with Crippen LogP contribution in [0.25, 0.3) is 0 Å². The molecule has 0 bridgehead atoms. The Labute approximate surface area is 175 Å². The zero-order chi connectivity index (χ0) is 22.5. The zero-order valence-electron chi connectivity index (χ0n) is 19.0. The predicted octanol–water partition coefficient (Wildman–Crippen LogP) is 5.59. The van der Waals surface area contributed by atoms with Crippen LogP contribution >= 0.6 is 7.60 Å². The number of ether oxygens (including phenoxy) is 2. The Morgan fingerprint density at radius 1 is 1.03 bits per heavy atom. The zero-order valence-corrected chi connectivity index (χ0v) is 20.9. The van der Waals surface area contributed by atoms with Crippen LogP contribution in [0.2, 0.25) is 18.1 Å². The van der Waals surface area contributed by atoms with Crippen LogP contribution in [0.5, 0.6) is 17.2 Å². The first kappa shape index (κ1) is 25.7. The minimum absolute atomic E-state index is 0.0351. The van der Waals surface area contributed by atoms with Gasteiger partial charge in [-0.3, -0.25) is 4.57 Å². The van der Waals surface area contributed by atoms with E-state index < -0.39 is 21.6 Å². The maximum atomic E-state index is 13.2. The minimum atomic E-state index is -3.71. The summed E-state index contributed by atoms with van der Waals surface area (Å²) in [6, 6.07) is 3.27. The molecule has 0 heterocycles. The number of methoxy groups -OCH3 is 2. The highest BCUT2D eigenvalue weighted by Gasteiger charge is 2.41. The molecule has 1 aromatic carbocycles. The van der Waals surface area contributed by atoms with Gasteiger partial charge in [0.2, 0.25) is 0 Å². The molecule has 1 rings (SSSR count). The molecule has 7 nitrogen and oxygen atoms in total. The number of carbonyl (C=O) groups excluding carboxylic acids is 1. The van der Waals surface area contributed by atoms with Crippen molar-refractivity contribution in [1.29, 1.82) is 0 Å². The van der Waals surface area contributed by atoms with Crippen LogP contribution in [0.4, 0.5) is 0 Å². The lowest BCUT2D eigenvalue weighted by atomic mass is 10.1. The third-order valence-electron chi connectivity index (χ3n) is 5.08. The quantitative estimate of drug-likeness (QED) is 0.249. The number of hydrogen-bond donors (Lipinski definition) is 0. The maximum Gasteiger partial charge on any atom is 0.345 e. The molecule has 0 aliphatic rings. The van der Waals surface area contributed by atoms with Gasteiger partial charge < -0.3 is 27.7 Å². The third-order valence-corrected chi connectivity index (χ3v) is 11.7. The molecule has 1 unspecified atom stereocenters. The summed E-state index contributed by atoms with van der Waals surface area (Å²) in [4.78, 5) is 11.9. The van der Waals surface area contributed by atoms with E-state index in [-0.39, 0.29) is 18.3 Å². The van der Waals surface area contributed by atoms with E-state index in [1.807, 2.05) is 0 Å². The van der Waals surface area contributed by atoms with Gasteiger partial charge in [-0.05, 0) is 49.7 Å². The van der Waals surface area contributed by atoms with Crippen molar-refractivity contribution in [3.05, 3.63) is 17.7 Å². The summed E-state index contributed by atoms with van der Waals surface area (Å²) in [6.07, 6.45) is 0.578. The van der Waals surface area contributed by atoms with Crippen molar-refractivity contribution in [2.75, 3.05) is 27.4 Å². The maximum absolute atomic E-state index is 13.2. The number of hydrogen-bond acceptors (Lipinski definition) is 7. The second kappa shape index (κ2) is 10.1. The van der Waals surface area contributed by atoms with Gasteiger partial charge in [-0.25, -0.2) is 0 Å². The lowest BCUT2D eigenvalue weighted by Crippen LogP contribution is -2.44. The summed E-state index contributed by atoms with van der Waals surface area (Å²) in [6.45, 7) is 14.3. The van der Waals surface area contributed by atoms with Crippen LogP contribution < -0.4 is 13.9 Å². The highest BCUT2D eigenvalue weighted by atomic mass is 31.2. The fourth-order valence-electron chi connectivity index (χ4n) is 2.47. The number of carbonyl (C=O) groups is 1. The Morgan fingerprint density at radius 2 is 1.48 bits per heavy atom. The molecule has 9 heteroatoms. The molecule has 0 fully saturated rings. The van der Waals surface area contributed by atoms with Gasteiger partial charge in [-0.2, -0.15) is 0 Å². The minimum Gasteiger partial charge on any atom is -0.539 e. The molecule has 0 N–H and O–H groups in total. The van der Waals surface area contributed by atoms with E-state index in [1.54, 1.807) is 26.0 Å². The second-order valence-electron chi connectivity index (χ2n) is 8.07. The van der Waals surface area contributed by atoms with Crippen molar-refractivity contribution >= 4 is 22.2 Å². The number of aldehydes is 1. The van der Waals surface area contributed by atoms with Crippen molar-refractivity contribution in [2.45, 2.75) is 58.4 Å². The molecule has 1 atom stereocenters. The Kier molecular flexibility index (Phi) is 8.96. The average Bonchev–Trinajstić information content (AvgIpc) is 2.62. The molecule has 0 saturated carbocycles. The van der Waals surface area contributed by atoms with E-state index in [1.165, 1.54) is 14.2 Å². The SMILES string of the molecule is CCOP(=O)(OCC)C(C=O)c1cc(OC)c(O[Si](C)(C)C(C)(C)C)c(OC)c1. The molecule has 0 amide bonds. The normalized spacial score (nSPS) is 13.7. The first-order valence-corrected chi connectivity index (χ1v) is 14.2. The summed E-state index contributed by atoms with van der Waals surface area (Å²) in [7, 11) is -2.87. The van der Waals surface area contributed by atoms with E-state index in [9.17, 15) is 9.36 Å². The van der Waals surface area contributed by atoms with Gasteiger partial charge in [0.25, 0.3) is 8.32 Å². The Balaban J connectivity index is 3.57. The number of benzene rings is 1. The van der Waals surface area contributed by atoms with Crippen LogP contribution in [-0.2, 0) is 18.4 Å². The van der Waals surface area contributed by atoms with Crippen LogP contribution in [0.3, 0.4) is 0 Å². The van der Waals surface area contributed by atoms with Crippen LogP contribution in [0.15, 0.2) is 12.1 Å². The highest BCUT2D eigenvalue weighted by molar-refractivity contribution is 7.55. The molecule has 0 aliphatic carbocycles. The smallest absolute Gasteiger partial charge is 0.345 e. The van der Waals surface area contributed by atoms with Crippen LogP contribution in [0, 0.1) is 0 Å². The van der Waals surface area contributed by atoms with Gasteiger partial charge in [0.05, 0.1) is 27.4 Å². The van der Waals surface area contributed by atoms with Crippen molar-refractivity contribution in [2.24, 2.45) is 0 Å². The van der Waals surface area contributed by atoms with Gasteiger partial charge in [0.1, 0.15) is 11.9 Å². The largest absolute Gasteiger partial charge is 0.539 e. The summed E-state index contributed by atoms with van der Waals surface area (Å²) >= 11 is 0. The predicted molar refractivity (Wildman–Crippen MR) is 117 cm³/mol. The molecular weight excluding hydrogens is 411 g/mol. The van der Waals surface area contributed by atoms with Gasteiger partial charge in [-0.15, -0.1) is 0 Å². The number of rotatable bonds is 11. The fourth-order valence-corrected chi connectivity index (χ4v) is 5.27. The average molecular weight is 447 g/mol. The van der Waals surface area contributed by atoms with E-state index in [0.29, 0.717) is 29.1 Å². The van der Waals surface area contributed by atoms with E-state index in [0.717, 1.165) is 0 Å².